The van der Waals surface area contributed by atoms with Crippen molar-refractivity contribution in [3.05, 3.63) is 89.2 Å². The van der Waals surface area contributed by atoms with E-state index in [-0.39, 0.29) is 34.3 Å². The second kappa shape index (κ2) is 14.9. The van der Waals surface area contributed by atoms with Crippen LogP contribution in [0.3, 0.4) is 0 Å². The van der Waals surface area contributed by atoms with Gasteiger partial charge in [-0.2, -0.15) is 0 Å². The van der Waals surface area contributed by atoms with Gasteiger partial charge in [0.2, 0.25) is 5.88 Å². The van der Waals surface area contributed by atoms with Crippen LogP contribution in [0.4, 0.5) is 10.6 Å². The minimum Gasteiger partial charge on any atom is -0.477 e. The number of carbonyl (C=O) groups excluding carboxylic acids is 2. The molecule has 4 heterocycles. The zero-order chi connectivity index (χ0) is 39.3. The first-order valence-corrected chi connectivity index (χ1v) is 21.1. The molecule has 8 rings (SSSR count). The lowest BCUT2D eigenvalue weighted by Crippen LogP contribution is -2.45. The fraction of sp³-hybridized carbons (Fsp3) is 0.512. The third-order valence-electron chi connectivity index (χ3n) is 12.3. The Balaban J connectivity index is 0.845. The largest absolute Gasteiger partial charge is 0.477 e. The Labute approximate surface area is 338 Å². The molecule has 11 nitrogen and oxygen atoms in total. The van der Waals surface area contributed by atoms with Crippen molar-refractivity contribution in [3.8, 4) is 11.7 Å². The Hall–Kier alpha value is -4.29. The van der Waals surface area contributed by atoms with E-state index in [1.165, 1.54) is 25.7 Å². The molecular weight excluding hydrogens is 746 g/mol. The second-order valence-corrected chi connectivity index (χ2v) is 18.8. The van der Waals surface area contributed by atoms with Crippen molar-refractivity contribution in [3.63, 3.8) is 0 Å². The third kappa shape index (κ3) is 8.09. The number of aromatic nitrogens is 4. The first-order valence-electron chi connectivity index (χ1n) is 19.9. The summed E-state index contributed by atoms with van der Waals surface area (Å²) >= 11 is 7.64. The molecule has 296 valence electrons. The molecule has 4 aliphatic rings. The van der Waals surface area contributed by atoms with Crippen LogP contribution in [0.1, 0.15) is 108 Å². The fourth-order valence-electron chi connectivity index (χ4n) is 9.38. The van der Waals surface area contributed by atoms with Crippen LogP contribution in [0, 0.1) is 22.7 Å². The van der Waals surface area contributed by atoms with Crippen LogP contribution in [0.5, 0.6) is 5.88 Å². The highest BCUT2D eigenvalue weighted by molar-refractivity contribution is 7.97. The van der Waals surface area contributed by atoms with Crippen molar-refractivity contribution < 1.29 is 19.1 Å². The van der Waals surface area contributed by atoms with Gasteiger partial charge in [0.25, 0.3) is 5.91 Å². The van der Waals surface area contributed by atoms with Gasteiger partial charge >= 0.3 is 6.09 Å². The van der Waals surface area contributed by atoms with Gasteiger partial charge in [-0.3, -0.25) is 9.52 Å². The average molecular weight is 798 g/mol. The van der Waals surface area contributed by atoms with Crippen LogP contribution in [0.15, 0.2) is 78.0 Å². The number of anilines is 1. The number of pyridine rings is 2. The van der Waals surface area contributed by atoms with E-state index in [1.54, 1.807) is 23.0 Å². The predicted molar refractivity (Wildman–Crippen MR) is 218 cm³/mol. The molecule has 4 aromatic rings. The van der Waals surface area contributed by atoms with Crippen molar-refractivity contribution in [2.75, 3.05) is 18.5 Å². The number of likely N-dealkylation sites (tertiary alicyclic amines) is 1. The van der Waals surface area contributed by atoms with Crippen molar-refractivity contribution in [1.29, 1.82) is 0 Å². The van der Waals surface area contributed by atoms with E-state index >= 15 is 0 Å². The Bertz CT molecular complexity index is 2060. The van der Waals surface area contributed by atoms with Crippen molar-refractivity contribution in [2.24, 2.45) is 22.7 Å². The molecule has 4 fully saturated rings. The Morgan fingerprint density at radius 2 is 1.71 bits per heavy atom. The Morgan fingerprint density at radius 1 is 0.964 bits per heavy atom. The van der Waals surface area contributed by atoms with Crippen LogP contribution < -0.4 is 14.8 Å². The van der Waals surface area contributed by atoms with Crippen LogP contribution in [-0.2, 0) is 4.74 Å². The molecule has 2 spiro atoms. The van der Waals surface area contributed by atoms with Gasteiger partial charge in [0.15, 0.2) is 5.82 Å². The Kier molecular flexibility index (Phi) is 10.3. The maximum Gasteiger partial charge on any atom is 0.410 e. The molecule has 1 saturated heterocycles. The highest BCUT2D eigenvalue weighted by Crippen LogP contribution is 2.93. The molecule has 0 bridgehead atoms. The van der Waals surface area contributed by atoms with Crippen molar-refractivity contribution >= 4 is 41.4 Å². The maximum atomic E-state index is 13.2. The van der Waals surface area contributed by atoms with E-state index < -0.39 is 5.60 Å². The number of ether oxygens (including phenoxy) is 2. The lowest BCUT2D eigenvalue weighted by molar-refractivity contribution is 0.0130. The predicted octanol–water partition coefficient (Wildman–Crippen LogP) is 9.68. The van der Waals surface area contributed by atoms with Gasteiger partial charge in [-0.1, -0.05) is 48.0 Å². The molecule has 2 unspecified atom stereocenters. The fourth-order valence-corrected chi connectivity index (χ4v) is 10.2. The minimum absolute atomic E-state index is 0.00879. The monoisotopic (exact) mass is 797 g/mol. The van der Waals surface area contributed by atoms with E-state index in [1.807, 2.05) is 68.1 Å². The molecule has 0 radical (unpaired) electrons. The topological polar surface area (TPSA) is 124 Å². The normalized spacial score (nSPS) is 20.5. The molecule has 2 atom stereocenters. The summed E-state index contributed by atoms with van der Waals surface area (Å²) in [6.07, 6.45) is 10.9. The number of rotatable bonds is 14. The summed E-state index contributed by atoms with van der Waals surface area (Å²) in [6, 6.07) is 21.2. The molecule has 3 saturated carbocycles. The quantitative estimate of drug-likeness (QED) is 0.0949. The molecule has 2 N–H and O–H groups in total. The number of carbonyl (C=O) groups is 2. The Morgan fingerprint density at radius 3 is 2.41 bits per heavy atom. The number of hydrogen-bond donors (Lipinski definition) is 2. The smallest absolute Gasteiger partial charge is 0.410 e. The lowest BCUT2D eigenvalue weighted by Gasteiger charge is -2.33. The minimum atomic E-state index is -0.540. The molecule has 2 amide bonds. The number of halogens is 1. The van der Waals surface area contributed by atoms with Crippen LogP contribution in [-0.4, -0.2) is 60.9 Å². The first-order chi connectivity index (χ1) is 26.8. The molecule has 1 aromatic carbocycles. The van der Waals surface area contributed by atoms with Gasteiger partial charge in [0.1, 0.15) is 21.6 Å². The van der Waals surface area contributed by atoms with E-state index in [4.69, 9.17) is 26.1 Å². The van der Waals surface area contributed by atoms with E-state index in [9.17, 15) is 9.59 Å². The number of amides is 2. The van der Waals surface area contributed by atoms with Crippen molar-refractivity contribution in [2.45, 2.75) is 108 Å². The van der Waals surface area contributed by atoms with Crippen LogP contribution in [0.2, 0.25) is 5.15 Å². The summed E-state index contributed by atoms with van der Waals surface area (Å²) in [5, 5.41) is 8.86. The maximum absolute atomic E-state index is 13.2. The van der Waals surface area contributed by atoms with Crippen LogP contribution >= 0.6 is 23.5 Å². The van der Waals surface area contributed by atoms with Gasteiger partial charge in [0.05, 0.1) is 18.2 Å². The second-order valence-electron chi connectivity index (χ2n) is 17.7. The molecule has 13 heteroatoms. The molecule has 56 heavy (non-hydrogen) atoms. The summed E-state index contributed by atoms with van der Waals surface area (Å²) in [5.41, 5.74) is 1.93. The number of nitrogens with zero attached hydrogens (tertiary/aromatic N) is 5. The number of hydrogen-bond acceptors (Lipinski definition) is 9. The van der Waals surface area contributed by atoms with Gasteiger partial charge < -0.3 is 19.7 Å². The standard InChI is InChI=1S/C43H52ClN7O4S/c1-40(2,3)55-39(53)50-27-28(26-41(50,4)5)14-16-31(29-10-7-6-8-11-29)45-33-12-9-13-36(46-33)56-49-38(52)30-15-17-34(47-37(30)44)51-24-18-35(48-51)54-25-19-32-42(20-21-42)43(32)22-23-43/h6-13,15,17-18,24,28,31-32H,14,16,19-23,25-27H2,1-5H3,(H,45,46)(H,49,52). The number of benzene rings is 1. The summed E-state index contributed by atoms with van der Waals surface area (Å²) in [7, 11) is 0. The van der Waals surface area contributed by atoms with Crippen molar-refractivity contribution in [1.82, 2.24) is 29.4 Å². The summed E-state index contributed by atoms with van der Waals surface area (Å²) in [6.45, 7) is 11.3. The third-order valence-corrected chi connectivity index (χ3v) is 13.3. The summed E-state index contributed by atoms with van der Waals surface area (Å²) < 4.78 is 16.2. The SMILES string of the molecule is CC(C)(C)OC(=O)N1CC(CCC(Nc2cccc(SNC(=O)c3ccc(-n4ccc(OCCC5C6(CC6)C56CC6)n4)nc3Cl)n2)c2ccccc2)CC1(C)C. The molecule has 1 aliphatic heterocycles. The summed E-state index contributed by atoms with van der Waals surface area (Å²) in [5.74, 6) is 2.54. The van der Waals surface area contributed by atoms with Gasteiger partial charge in [0, 0.05) is 36.3 Å². The summed E-state index contributed by atoms with van der Waals surface area (Å²) in [4.78, 5) is 37.4. The lowest BCUT2D eigenvalue weighted by atomic mass is 9.90. The molecular formula is C43H52ClN7O4S. The zero-order valence-electron chi connectivity index (χ0n) is 32.9. The molecule has 3 aliphatic carbocycles. The van der Waals surface area contributed by atoms with Gasteiger partial charge in [-0.25, -0.2) is 19.4 Å². The number of fused-ring (bicyclic) bond motifs is 1. The van der Waals surface area contributed by atoms with Gasteiger partial charge in [-0.15, -0.1) is 5.10 Å². The average Bonchev–Trinajstić information content (AvgIpc) is 4.11. The number of nitrogens with one attached hydrogen (secondary N) is 2. The van der Waals surface area contributed by atoms with E-state index in [2.05, 4.69) is 46.1 Å². The van der Waals surface area contributed by atoms with Crippen LogP contribution in [0.25, 0.3) is 5.82 Å². The molecule has 3 aromatic heterocycles. The van der Waals surface area contributed by atoms with E-state index in [0.29, 0.717) is 52.4 Å². The first kappa shape index (κ1) is 38.6. The van der Waals surface area contributed by atoms with Gasteiger partial charge in [-0.05, 0) is 138 Å². The zero-order valence-corrected chi connectivity index (χ0v) is 34.5. The van der Waals surface area contributed by atoms with E-state index in [0.717, 1.165) is 49.1 Å². The highest BCUT2D eigenvalue weighted by atomic mass is 35.5. The highest BCUT2D eigenvalue weighted by Gasteiger charge is 2.85.